The summed E-state index contributed by atoms with van der Waals surface area (Å²) in [6, 6.07) is 14.3. The molecule has 9 nitrogen and oxygen atoms in total. The minimum atomic E-state index is -4.53. The quantitative estimate of drug-likeness (QED) is 0.508. The standard InChI is InChI=1S/C28H31F3N6O3/c29-28(30,31)19-40-27-34-24-17-20-3-7-22(8-4-20)25(38)37-14-12-36(13-15-37)11-1-2-16-39-23-9-5-21(6-10-23)18-32-26(33-24)35-27/h3-10H,1-2,11-19H2,(H,32,33,34,35). The summed E-state index contributed by atoms with van der Waals surface area (Å²) in [5, 5.41) is 3.04. The van der Waals surface area contributed by atoms with E-state index in [9.17, 15) is 18.0 Å². The van der Waals surface area contributed by atoms with E-state index in [0.29, 0.717) is 31.8 Å². The van der Waals surface area contributed by atoms with Gasteiger partial charge in [-0.3, -0.25) is 9.69 Å². The SMILES string of the molecule is O=C1c2ccc(cc2)Cc2nc(nc(OCC(F)(F)F)n2)NCc2ccc(cc2)OCCCCN2CCN1CC2. The van der Waals surface area contributed by atoms with Crippen molar-refractivity contribution in [3.05, 3.63) is 71.0 Å². The molecule has 7 heterocycles. The summed E-state index contributed by atoms with van der Waals surface area (Å²) >= 11 is 0. The van der Waals surface area contributed by atoms with Gasteiger partial charge in [0.1, 0.15) is 11.6 Å². The number of nitrogens with zero attached hydrogens (tertiary/aromatic N) is 5. The van der Waals surface area contributed by atoms with E-state index in [-0.39, 0.29) is 24.1 Å². The average Bonchev–Trinajstić information content (AvgIpc) is 2.95. The van der Waals surface area contributed by atoms with Crippen molar-refractivity contribution < 1.29 is 27.4 Å². The van der Waals surface area contributed by atoms with Crippen molar-refractivity contribution in [1.82, 2.24) is 24.8 Å². The maximum Gasteiger partial charge on any atom is 0.422 e. The van der Waals surface area contributed by atoms with Crippen LogP contribution in [0.2, 0.25) is 0 Å². The zero-order valence-corrected chi connectivity index (χ0v) is 22.0. The first-order valence-corrected chi connectivity index (χ1v) is 13.3. The summed E-state index contributed by atoms with van der Waals surface area (Å²) in [6.07, 6.45) is -2.37. The molecule has 0 spiro atoms. The van der Waals surface area contributed by atoms with Crippen LogP contribution in [0.15, 0.2) is 48.5 Å². The van der Waals surface area contributed by atoms with Crippen LogP contribution in [0.25, 0.3) is 0 Å². The van der Waals surface area contributed by atoms with Gasteiger partial charge >= 0.3 is 12.2 Å². The Morgan fingerprint density at radius 3 is 2.33 bits per heavy atom. The Bertz CT molecular complexity index is 1280. The molecule has 12 heteroatoms. The van der Waals surface area contributed by atoms with Gasteiger partial charge in [-0.1, -0.05) is 24.3 Å². The van der Waals surface area contributed by atoms with Gasteiger partial charge in [-0.05, 0) is 54.8 Å². The number of hydrogen-bond donors (Lipinski definition) is 1. The lowest BCUT2D eigenvalue weighted by Crippen LogP contribution is -2.48. The molecule has 6 aliphatic heterocycles. The number of carbonyl (C=O) groups is 1. The topological polar surface area (TPSA) is 92.7 Å². The number of nitrogens with one attached hydrogen (secondary N) is 1. The van der Waals surface area contributed by atoms with Crippen molar-refractivity contribution in [1.29, 1.82) is 0 Å². The number of halogens is 3. The van der Waals surface area contributed by atoms with Crippen LogP contribution in [0.4, 0.5) is 19.1 Å². The Morgan fingerprint density at radius 2 is 1.60 bits per heavy atom. The van der Waals surface area contributed by atoms with E-state index in [1.165, 1.54) is 0 Å². The van der Waals surface area contributed by atoms with Crippen molar-refractivity contribution in [2.24, 2.45) is 0 Å². The molecule has 0 atom stereocenters. The van der Waals surface area contributed by atoms with E-state index in [1.54, 1.807) is 24.3 Å². The summed E-state index contributed by atoms with van der Waals surface area (Å²) in [7, 11) is 0. The van der Waals surface area contributed by atoms with Gasteiger partial charge in [0.15, 0.2) is 6.61 Å². The summed E-state index contributed by atoms with van der Waals surface area (Å²) in [6.45, 7) is 3.43. The number of anilines is 1. The maximum absolute atomic E-state index is 13.0. The Labute approximate surface area is 230 Å². The average molecular weight is 557 g/mol. The second-order valence-corrected chi connectivity index (χ2v) is 9.82. The van der Waals surface area contributed by atoms with Gasteiger partial charge in [0.2, 0.25) is 5.95 Å². The number of alkyl halides is 3. The number of amides is 1. The van der Waals surface area contributed by atoms with Gasteiger partial charge in [0, 0.05) is 44.7 Å². The van der Waals surface area contributed by atoms with E-state index < -0.39 is 18.8 Å². The molecule has 1 aromatic heterocycles. The third-order valence-corrected chi connectivity index (χ3v) is 6.76. The van der Waals surface area contributed by atoms with E-state index in [1.807, 2.05) is 29.2 Å². The molecule has 6 aliphatic rings. The molecule has 0 aliphatic carbocycles. The van der Waals surface area contributed by atoms with E-state index in [2.05, 4.69) is 25.2 Å². The van der Waals surface area contributed by atoms with Crippen LogP contribution in [-0.4, -0.2) is 82.8 Å². The minimum absolute atomic E-state index is 0.0192. The van der Waals surface area contributed by atoms with Gasteiger partial charge in [-0.2, -0.15) is 28.1 Å². The molecular weight excluding hydrogens is 525 g/mol. The van der Waals surface area contributed by atoms with Crippen LogP contribution in [-0.2, 0) is 13.0 Å². The fourth-order valence-electron chi connectivity index (χ4n) is 4.58. The number of rotatable bonds is 2. The minimum Gasteiger partial charge on any atom is -0.494 e. The zero-order chi connectivity index (χ0) is 28.0. The molecule has 1 amide bonds. The first kappa shape index (κ1) is 27.6. The highest BCUT2D eigenvalue weighted by Gasteiger charge is 2.29. The van der Waals surface area contributed by atoms with Crippen LogP contribution in [0, 0.1) is 0 Å². The van der Waals surface area contributed by atoms with Crippen LogP contribution in [0.5, 0.6) is 11.8 Å². The van der Waals surface area contributed by atoms with Crippen molar-refractivity contribution in [3.8, 4) is 11.8 Å². The Hall–Kier alpha value is -3.93. The number of benzene rings is 2. The summed E-state index contributed by atoms with van der Waals surface area (Å²) in [5.41, 5.74) is 2.30. The molecular formula is C28H31F3N6O3. The fraction of sp³-hybridized carbons (Fsp3) is 0.429. The van der Waals surface area contributed by atoms with Crippen molar-refractivity contribution in [2.75, 3.05) is 51.3 Å². The first-order valence-electron chi connectivity index (χ1n) is 13.3. The number of hydrogen-bond acceptors (Lipinski definition) is 8. The molecule has 0 radical (unpaired) electrons. The van der Waals surface area contributed by atoms with E-state index >= 15 is 0 Å². The molecule has 0 unspecified atom stereocenters. The van der Waals surface area contributed by atoms with Crippen LogP contribution in [0.3, 0.4) is 0 Å². The number of carbonyl (C=O) groups excluding carboxylic acids is 1. The smallest absolute Gasteiger partial charge is 0.422 e. The number of fused-ring (bicyclic) bond motifs is 1. The molecule has 2 aromatic carbocycles. The molecule has 1 saturated heterocycles. The molecule has 40 heavy (non-hydrogen) atoms. The summed E-state index contributed by atoms with van der Waals surface area (Å²) in [5.74, 6) is 1.08. The van der Waals surface area contributed by atoms with Crippen molar-refractivity contribution >= 4 is 11.9 Å². The van der Waals surface area contributed by atoms with Gasteiger partial charge in [-0.25, -0.2) is 0 Å². The first-order chi connectivity index (χ1) is 19.3. The lowest BCUT2D eigenvalue weighted by molar-refractivity contribution is -0.154. The monoisotopic (exact) mass is 556 g/mol. The second-order valence-electron chi connectivity index (χ2n) is 9.82. The zero-order valence-electron chi connectivity index (χ0n) is 22.0. The van der Waals surface area contributed by atoms with Gasteiger partial charge < -0.3 is 19.7 Å². The second kappa shape index (κ2) is 12.5. The number of aromatic nitrogens is 3. The number of piperazine rings is 1. The highest BCUT2D eigenvalue weighted by Crippen LogP contribution is 2.20. The maximum atomic E-state index is 13.0. The normalized spacial score (nSPS) is 17.3. The Morgan fingerprint density at radius 1 is 0.875 bits per heavy atom. The number of ether oxygens (including phenoxy) is 2. The Kier molecular flexibility index (Phi) is 8.63. The molecule has 212 valence electrons. The van der Waals surface area contributed by atoms with Crippen LogP contribution >= 0.6 is 0 Å². The summed E-state index contributed by atoms with van der Waals surface area (Å²) < 4.78 is 49.0. The lowest BCUT2D eigenvalue weighted by Gasteiger charge is -2.34. The van der Waals surface area contributed by atoms with Gasteiger partial charge in [0.05, 0.1) is 6.61 Å². The fourth-order valence-corrected chi connectivity index (χ4v) is 4.58. The predicted molar refractivity (Wildman–Crippen MR) is 141 cm³/mol. The molecule has 8 bridgehead atoms. The largest absolute Gasteiger partial charge is 0.494 e. The third kappa shape index (κ3) is 7.81. The summed E-state index contributed by atoms with van der Waals surface area (Å²) in [4.78, 5) is 29.8. The molecule has 1 N–H and O–H groups in total. The van der Waals surface area contributed by atoms with Crippen molar-refractivity contribution in [2.45, 2.75) is 32.0 Å². The molecule has 0 saturated carbocycles. The van der Waals surface area contributed by atoms with E-state index in [4.69, 9.17) is 9.47 Å². The van der Waals surface area contributed by atoms with Gasteiger partial charge in [0.25, 0.3) is 5.91 Å². The highest BCUT2D eigenvalue weighted by molar-refractivity contribution is 5.94. The predicted octanol–water partition coefficient (Wildman–Crippen LogP) is 3.95. The van der Waals surface area contributed by atoms with Crippen molar-refractivity contribution in [3.63, 3.8) is 0 Å². The lowest BCUT2D eigenvalue weighted by atomic mass is 10.1. The van der Waals surface area contributed by atoms with Crippen LogP contribution in [0.1, 0.15) is 40.2 Å². The molecule has 1 fully saturated rings. The highest BCUT2D eigenvalue weighted by atomic mass is 19.4. The van der Waals surface area contributed by atoms with Gasteiger partial charge in [-0.15, -0.1) is 0 Å². The third-order valence-electron chi connectivity index (χ3n) is 6.76. The Balaban J connectivity index is 1.37. The molecule has 9 rings (SSSR count). The van der Waals surface area contributed by atoms with Crippen LogP contribution < -0.4 is 14.8 Å². The molecule has 3 aromatic rings. The van der Waals surface area contributed by atoms with E-state index in [0.717, 1.165) is 49.4 Å².